The van der Waals surface area contributed by atoms with Crippen LogP contribution >= 0.6 is 11.6 Å². The number of ether oxygens (including phenoxy) is 2. The molecule has 0 heterocycles. The summed E-state index contributed by atoms with van der Waals surface area (Å²) in [7, 11) is -1.23. The van der Waals surface area contributed by atoms with E-state index in [9.17, 15) is 22.8 Å². The quantitative estimate of drug-likeness (QED) is 0.435. The molecule has 1 amide bonds. The van der Waals surface area contributed by atoms with Crippen LogP contribution in [0.2, 0.25) is 5.02 Å². The molecule has 0 radical (unpaired) electrons. The maximum absolute atomic E-state index is 12.9. The Morgan fingerprint density at radius 2 is 1.44 bits per heavy atom. The molecule has 1 N–H and O–H groups in total. The summed E-state index contributed by atoms with van der Waals surface area (Å²) in [5.74, 6) is -1.94. The van der Waals surface area contributed by atoms with Crippen LogP contribution in [0.15, 0.2) is 66.7 Å². The molecule has 0 aliphatic carbocycles. The molecular formula is C25H23ClN2O7S. The van der Waals surface area contributed by atoms with Gasteiger partial charge in [0.05, 0.1) is 49.5 Å². The Balaban J connectivity index is 1.87. The van der Waals surface area contributed by atoms with Crippen molar-refractivity contribution in [1.82, 2.24) is 0 Å². The monoisotopic (exact) mass is 530 g/mol. The van der Waals surface area contributed by atoms with Crippen molar-refractivity contribution in [2.24, 2.45) is 0 Å². The third-order valence-corrected chi connectivity index (χ3v) is 6.54. The van der Waals surface area contributed by atoms with Crippen LogP contribution in [-0.4, -0.2) is 46.7 Å². The zero-order valence-electron chi connectivity index (χ0n) is 19.6. The first-order valence-corrected chi connectivity index (χ1v) is 12.7. The van der Waals surface area contributed by atoms with Gasteiger partial charge in [0.1, 0.15) is 0 Å². The van der Waals surface area contributed by atoms with E-state index in [2.05, 4.69) is 5.32 Å². The Morgan fingerprint density at radius 1 is 0.861 bits per heavy atom. The van der Waals surface area contributed by atoms with Crippen molar-refractivity contribution in [3.63, 3.8) is 0 Å². The Hall–Kier alpha value is -3.89. The number of nitrogens with one attached hydrogen (secondary N) is 1. The number of hydrogen-bond acceptors (Lipinski definition) is 7. The lowest BCUT2D eigenvalue weighted by Gasteiger charge is -2.23. The van der Waals surface area contributed by atoms with Crippen LogP contribution < -0.4 is 9.62 Å². The summed E-state index contributed by atoms with van der Waals surface area (Å²) >= 11 is 5.91. The summed E-state index contributed by atoms with van der Waals surface area (Å²) < 4.78 is 35.5. The van der Waals surface area contributed by atoms with Crippen molar-refractivity contribution in [3.05, 3.63) is 94.0 Å². The van der Waals surface area contributed by atoms with Gasteiger partial charge >= 0.3 is 11.9 Å². The second-order valence-corrected chi connectivity index (χ2v) is 9.98. The predicted octanol–water partition coefficient (Wildman–Crippen LogP) is 4.13. The van der Waals surface area contributed by atoms with E-state index in [1.54, 1.807) is 24.3 Å². The van der Waals surface area contributed by atoms with Gasteiger partial charge in [-0.05, 0) is 60.2 Å². The van der Waals surface area contributed by atoms with E-state index in [1.165, 1.54) is 61.0 Å². The fourth-order valence-electron chi connectivity index (χ4n) is 3.31. The SMILES string of the molecule is COC(=O)c1ccc(C(=O)OC)c(NC(=O)c2ccc(N(Cc3ccc(Cl)cc3)S(C)(=O)=O)cc2)c1. The minimum absolute atomic E-state index is 0.0429. The molecule has 0 fully saturated rings. The number of sulfonamides is 1. The fraction of sp³-hybridized carbons (Fsp3) is 0.160. The Morgan fingerprint density at radius 3 is 2.00 bits per heavy atom. The molecule has 0 aromatic heterocycles. The topological polar surface area (TPSA) is 119 Å². The predicted molar refractivity (Wildman–Crippen MR) is 136 cm³/mol. The number of hydrogen-bond donors (Lipinski definition) is 1. The molecule has 9 nitrogen and oxygen atoms in total. The fourth-order valence-corrected chi connectivity index (χ4v) is 4.32. The molecule has 0 aliphatic rings. The summed E-state index contributed by atoms with van der Waals surface area (Å²) in [6.45, 7) is 0.0738. The van der Waals surface area contributed by atoms with Gasteiger partial charge in [-0.15, -0.1) is 0 Å². The molecule has 0 spiro atoms. The number of methoxy groups -OCH3 is 2. The number of anilines is 2. The van der Waals surface area contributed by atoms with Gasteiger partial charge in [-0.2, -0.15) is 0 Å². The maximum atomic E-state index is 12.9. The van der Waals surface area contributed by atoms with Gasteiger partial charge in [-0.3, -0.25) is 9.10 Å². The van der Waals surface area contributed by atoms with Crippen molar-refractivity contribution < 1.29 is 32.3 Å². The lowest BCUT2D eigenvalue weighted by atomic mass is 10.1. The summed E-state index contributed by atoms with van der Waals surface area (Å²) in [5, 5.41) is 3.13. The minimum atomic E-state index is -3.64. The van der Waals surface area contributed by atoms with Crippen molar-refractivity contribution in [3.8, 4) is 0 Å². The lowest BCUT2D eigenvalue weighted by Crippen LogP contribution is -2.29. The van der Waals surface area contributed by atoms with Crippen LogP contribution in [0.3, 0.4) is 0 Å². The first-order valence-electron chi connectivity index (χ1n) is 10.5. The van der Waals surface area contributed by atoms with Gasteiger partial charge in [0, 0.05) is 10.6 Å². The number of rotatable bonds is 8. The first kappa shape index (κ1) is 26.7. The summed E-state index contributed by atoms with van der Waals surface area (Å²) in [4.78, 5) is 36.9. The van der Waals surface area contributed by atoms with Crippen LogP contribution in [0.5, 0.6) is 0 Å². The third kappa shape index (κ3) is 6.41. The van der Waals surface area contributed by atoms with E-state index in [4.69, 9.17) is 21.1 Å². The van der Waals surface area contributed by atoms with E-state index >= 15 is 0 Å². The molecule has 188 valence electrons. The number of esters is 2. The molecule has 0 saturated carbocycles. The van der Waals surface area contributed by atoms with Gasteiger partial charge in [0.2, 0.25) is 10.0 Å². The molecule has 0 aliphatic heterocycles. The molecule has 0 saturated heterocycles. The zero-order valence-corrected chi connectivity index (χ0v) is 21.2. The normalized spacial score (nSPS) is 10.9. The van der Waals surface area contributed by atoms with Gasteiger partial charge in [-0.1, -0.05) is 23.7 Å². The molecule has 3 aromatic carbocycles. The highest BCUT2D eigenvalue weighted by atomic mass is 35.5. The number of benzene rings is 3. The van der Waals surface area contributed by atoms with Crippen molar-refractivity contribution in [1.29, 1.82) is 0 Å². The Bertz CT molecular complexity index is 1390. The van der Waals surface area contributed by atoms with E-state index in [-0.39, 0.29) is 28.9 Å². The average Bonchev–Trinajstić information content (AvgIpc) is 2.86. The first-order chi connectivity index (χ1) is 17.0. The number of carbonyl (C=O) groups is 3. The molecule has 3 rings (SSSR count). The number of carbonyl (C=O) groups excluding carboxylic acids is 3. The molecule has 0 bridgehead atoms. The van der Waals surface area contributed by atoms with Crippen molar-refractivity contribution in [2.75, 3.05) is 30.1 Å². The smallest absolute Gasteiger partial charge is 0.339 e. The van der Waals surface area contributed by atoms with Crippen molar-refractivity contribution in [2.45, 2.75) is 6.54 Å². The number of nitrogens with zero attached hydrogens (tertiary/aromatic N) is 1. The van der Waals surface area contributed by atoms with E-state index in [0.29, 0.717) is 10.7 Å². The summed E-state index contributed by atoms with van der Waals surface area (Å²) in [5.41, 5.74) is 1.50. The van der Waals surface area contributed by atoms with Crippen LogP contribution in [0, 0.1) is 0 Å². The van der Waals surface area contributed by atoms with Crippen molar-refractivity contribution >= 4 is 50.8 Å². The molecule has 3 aromatic rings. The van der Waals surface area contributed by atoms with Crippen LogP contribution in [0.1, 0.15) is 36.6 Å². The Labute approximate surface area is 213 Å². The summed E-state index contributed by atoms with van der Waals surface area (Å²) in [6, 6.07) is 16.7. The van der Waals surface area contributed by atoms with Crippen LogP contribution in [0.4, 0.5) is 11.4 Å². The zero-order chi connectivity index (χ0) is 26.5. The highest BCUT2D eigenvalue weighted by Gasteiger charge is 2.20. The van der Waals surface area contributed by atoms with Crippen LogP contribution in [-0.2, 0) is 26.0 Å². The van der Waals surface area contributed by atoms with Gasteiger partial charge in [0.25, 0.3) is 5.91 Å². The highest BCUT2D eigenvalue weighted by molar-refractivity contribution is 7.92. The van der Waals surface area contributed by atoms with Crippen LogP contribution in [0.25, 0.3) is 0 Å². The average molecular weight is 531 g/mol. The highest BCUT2D eigenvalue weighted by Crippen LogP contribution is 2.24. The molecule has 11 heteroatoms. The Kier molecular flexibility index (Phi) is 8.33. The van der Waals surface area contributed by atoms with Gasteiger partial charge in [-0.25, -0.2) is 18.0 Å². The largest absolute Gasteiger partial charge is 0.465 e. The minimum Gasteiger partial charge on any atom is -0.465 e. The molecule has 0 unspecified atom stereocenters. The molecule has 36 heavy (non-hydrogen) atoms. The van der Waals surface area contributed by atoms with E-state index in [0.717, 1.165) is 11.8 Å². The number of halogens is 1. The second kappa shape index (κ2) is 11.2. The van der Waals surface area contributed by atoms with E-state index in [1.807, 2.05) is 0 Å². The maximum Gasteiger partial charge on any atom is 0.339 e. The van der Waals surface area contributed by atoms with Gasteiger partial charge < -0.3 is 14.8 Å². The van der Waals surface area contributed by atoms with E-state index < -0.39 is 27.9 Å². The number of amides is 1. The molecular weight excluding hydrogens is 508 g/mol. The van der Waals surface area contributed by atoms with Gasteiger partial charge in [0.15, 0.2) is 0 Å². The molecule has 0 atom stereocenters. The second-order valence-electron chi connectivity index (χ2n) is 7.64. The lowest BCUT2D eigenvalue weighted by molar-refractivity contribution is 0.0587. The standard InChI is InChI=1S/C25H23ClN2O7S/c1-34-24(30)18-8-13-21(25(31)35-2)22(14-18)27-23(29)17-6-11-20(12-7-17)28(36(3,32)33)15-16-4-9-19(26)10-5-16/h4-14H,15H2,1-3H3,(H,27,29). The third-order valence-electron chi connectivity index (χ3n) is 5.15. The summed E-state index contributed by atoms with van der Waals surface area (Å²) in [6.07, 6.45) is 1.09.